The van der Waals surface area contributed by atoms with Crippen LogP contribution >= 0.6 is 0 Å². The third kappa shape index (κ3) is 7.76. The second-order valence-electron chi connectivity index (χ2n) is 3.92. The zero-order valence-electron chi connectivity index (χ0n) is 11.0. The smallest absolute Gasteiger partial charge is 0.481 e. The molecule has 0 amide bonds. The zero-order valence-corrected chi connectivity index (χ0v) is 13.3. The van der Waals surface area contributed by atoms with Gasteiger partial charge in [0.1, 0.15) is 0 Å². The number of nitrogens with zero attached hydrogens (tertiary/aromatic N) is 1. The monoisotopic (exact) mass is 446 g/mol. The summed E-state index contributed by atoms with van der Waals surface area (Å²) in [6, 6.07) is 0. The van der Waals surface area contributed by atoms with Crippen molar-refractivity contribution < 1.29 is 40.9 Å². The van der Waals surface area contributed by atoms with Gasteiger partial charge in [-0.25, -0.2) is 0 Å². The Labute approximate surface area is 121 Å². The van der Waals surface area contributed by atoms with Crippen LogP contribution in [-0.2, 0) is 30.7 Å². The molecule has 18 heavy (non-hydrogen) atoms. The average Bonchev–Trinajstić information content (AvgIpc) is 2.63. The van der Waals surface area contributed by atoms with E-state index in [0.29, 0.717) is 6.42 Å². The van der Waals surface area contributed by atoms with Crippen LogP contribution in [0.2, 0.25) is 0 Å². The molecule has 1 fully saturated rings. The number of hydrogen-bond donors (Lipinski definition) is 4. The summed E-state index contributed by atoms with van der Waals surface area (Å²) in [6.45, 7) is 2.94. The predicted molar refractivity (Wildman–Crippen MR) is 65.6 cm³/mol. The molecular formula is C10H25N3O4Pt+4. The topological polar surface area (TPSA) is 151 Å². The summed E-state index contributed by atoms with van der Waals surface area (Å²) in [5.41, 5.74) is 0. The van der Waals surface area contributed by atoms with Gasteiger partial charge < -0.3 is 27.4 Å². The van der Waals surface area contributed by atoms with E-state index in [0.717, 1.165) is 19.6 Å². The van der Waals surface area contributed by atoms with Crippen molar-refractivity contribution in [3.63, 3.8) is 0 Å². The number of carboxylic acid groups (broad SMARTS) is 2. The molecule has 0 bridgehead atoms. The van der Waals surface area contributed by atoms with Crippen molar-refractivity contribution in [3.05, 3.63) is 0 Å². The molecule has 1 saturated heterocycles. The van der Waals surface area contributed by atoms with E-state index in [-0.39, 0.29) is 39.8 Å². The van der Waals surface area contributed by atoms with Gasteiger partial charge in [-0.15, -0.1) is 0 Å². The van der Waals surface area contributed by atoms with Crippen LogP contribution in [0.3, 0.4) is 0 Å². The minimum atomic E-state index is -1.24. The first-order valence-electron chi connectivity index (χ1n) is 5.29. The molecular weight excluding hydrogens is 421 g/mol. The van der Waals surface area contributed by atoms with E-state index < -0.39 is 17.9 Å². The molecule has 7 nitrogen and oxygen atoms in total. The van der Waals surface area contributed by atoms with Gasteiger partial charge in [0, 0.05) is 0 Å². The molecule has 1 aliphatic heterocycles. The van der Waals surface area contributed by atoms with Gasteiger partial charge >= 0.3 is 33.0 Å². The van der Waals surface area contributed by atoms with Crippen molar-refractivity contribution >= 4 is 11.9 Å². The van der Waals surface area contributed by atoms with Crippen LogP contribution < -0.4 is 12.3 Å². The van der Waals surface area contributed by atoms with E-state index >= 15 is 0 Å². The molecule has 1 rings (SSSR count). The Kier molecular flexibility index (Phi) is 14.6. The number of aliphatic carboxylic acids is 2. The molecule has 0 aromatic heterocycles. The molecule has 8 heteroatoms. The van der Waals surface area contributed by atoms with Crippen LogP contribution in [0.1, 0.15) is 25.7 Å². The van der Waals surface area contributed by atoms with Gasteiger partial charge in [-0.2, -0.15) is 0 Å². The fourth-order valence-electron chi connectivity index (χ4n) is 1.88. The number of carbonyl (C=O) groups is 2. The summed E-state index contributed by atoms with van der Waals surface area (Å²) >= 11 is 0. The molecule has 110 valence electrons. The van der Waals surface area contributed by atoms with Gasteiger partial charge in [-0.3, -0.25) is 9.59 Å². The number of likely N-dealkylation sites (tertiary alicyclic amines) is 1. The minimum Gasteiger partial charge on any atom is -0.481 e. The number of hydrogen-bond acceptors (Lipinski definition) is 3. The molecule has 10 N–H and O–H groups in total. The first-order chi connectivity index (χ1) is 7.11. The molecule has 0 aliphatic carbocycles. The Balaban J connectivity index is -0.000000750. The summed E-state index contributed by atoms with van der Waals surface area (Å²) in [5, 5.41) is 17.3. The summed E-state index contributed by atoms with van der Waals surface area (Å²) in [4.78, 5) is 23.4. The minimum absolute atomic E-state index is 0. The summed E-state index contributed by atoms with van der Waals surface area (Å²) in [6.07, 6.45) is 3.26. The molecule has 1 heterocycles. The fraction of sp³-hybridized carbons (Fsp3) is 0.800. The number of carboxylic acids is 2. The Bertz CT molecular complexity index is 233. The normalized spacial score (nSPS) is 14.3. The van der Waals surface area contributed by atoms with E-state index in [4.69, 9.17) is 10.2 Å². The Hall–Kier alpha value is -0.492. The van der Waals surface area contributed by atoms with Crippen LogP contribution in [0.25, 0.3) is 0 Å². The third-order valence-corrected chi connectivity index (χ3v) is 2.76. The van der Waals surface area contributed by atoms with E-state index in [9.17, 15) is 9.59 Å². The Morgan fingerprint density at radius 1 is 1.06 bits per heavy atom. The summed E-state index contributed by atoms with van der Waals surface area (Å²) < 4.78 is 0. The van der Waals surface area contributed by atoms with E-state index in [1.807, 2.05) is 0 Å². The maximum absolute atomic E-state index is 10.6. The predicted octanol–water partition coefficient (Wildman–Crippen LogP) is 1.40. The van der Waals surface area contributed by atoms with E-state index in [1.54, 1.807) is 0 Å². The molecule has 0 aromatic rings. The standard InChI is InChI=1S/C10H17NO4.2H3N.Pt/c12-9(13)8(10(14)15)4-3-7-11-5-1-2-6-11;;;/h8H,1-7H2,(H,12,13)(H,14,15);2*1H3;/q;;;+2/p+2. The molecule has 1 aliphatic rings. The molecule has 0 saturated carbocycles. The van der Waals surface area contributed by atoms with Gasteiger partial charge in [-0.05, 0) is 45.3 Å². The second kappa shape index (κ2) is 11.6. The number of quaternary nitrogens is 2. The van der Waals surface area contributed by atoms with Gasteiger partial charge in [0.25, 0.3) is 0 Å². The first kappa shape index (κ1) is 22.7. The van der Waals surface area contributed by atoms with Gasteiger partial charge in [-0.1, -0.05) is 0 Å². The second-order valence-corrected chi connectivity index (χ2v) is 3.92. The molecule has 0 spiro atoms. The van der Waals surface area contributed by atoms with Crippen molar-refractivity contribution in [2.24, 2.45) is 5.92 Å². The molecule has 0 aromatic carbocycles. The largest absolute Gasteiger partial charge is 2.00 e. The van der Waals surface area contributed by atoms with Crippen molar-refractivity contribution in [3.8, 4) is 0 Å². The van der Waals surface area contributed by atoms with Gasteiger partial charge in [0.2, 0.25) is 0 Å². The van der Waals surface area contributed by atoms with Crippen LogP contribution in [0, 0.1) is 5.92 Å². The van der Waals surface area contributed by atoms with Gasteiger partial charge in [0.05, 0.1) is 0 Å². The van der Waals surface area contributed by atoms with Gasteiger partial charge in [0.15, 0.2) is 5.92 Å². The van der Waals surface area contributed by atoms with Crippen LogP contribution in [0.5, 0.6) is 0 Å². The molecule has 0 radical (unpaired) electrons. The van der Waals surface area contributed by atoms with E-state index in [2.05, 4.69) is 4.90 Å². The molecule has 0 atom stereocenters. The quantitative estimate of drug-likeness (QED) is 0.455. The summed E-state index contributed by atoms with van der Waals surface area (Å²) in [7, 11) is 0. The maximum atomic E-state index is 10.6. The van der Waals surface area contributed by atoms with Crippen LogP contribution in [0.15, 0.2) is 0 Å². The van der Waals surface area contributed by atoms with Crippen molar-refractivity contribution in [2.45, 2.75) is 25.7 Å². The van der Waals surface area contributed by atoms with Crippen molar-refractivity contribution in [2.75, 3.05) is 19.6 Å². The Morgan fingerprint density at radius 3 is 1.89 bits per heavy atom. The maximum Gasteiger partial charge on any atom is 2.00 e. The fourth-order valence-corrected chi connectivity index (χ4v) is 1.88. The van der Waals surface area contributed by atoms with Crippen molar-refractivity contribution in [1.82, 2.24) is 17.2 Å². The van der Waals surface area contributed by atoms with E-state index in [1.165, 1.54) is 12.8 Å². The third-order valence-electron chi connectivity index (χ3n) is 2.76. The SMILES string of the molecule is O=C(O)C(CCCN1CCCC1)C(=O)O.[NH4+].[NH4+].[Pt+2]. The van der Waals surface area contributed by atoms with Crippen LogP contribution in [-0.4, -0.2) is 46.7 Å². The Morgan fingerprint density at radius 2 is 1.50 bits per heavy atom. The first-order valence-corrected chi connectivity index (χ1v) is 5.29. The summed E-state index contributed by atoms with van der Waals surface area (Å²) in [5.74, 6) is -3.71. The average molecular weight is 446 g/mol. The van der Waals surface area contributed by atoms with Crippen LogP contribution in [0.4, 0.5) is 0 Å². The van der Waals surface area contributed by atoms with Crippen molar-refractivity contribution in [1.29, 1.82) is 0 Å². The number of rotatable bonds is 6. The zero-order chi connectivity index (χ0) is 11.3. The molecule has 0 unspecified atom stereocenters.